The Labute approximate surface area is 251 Å². The smallest absolute Gasteiger partial charge is 0.119 e. The average molecular weight is 565 g/mol. The van der Waals surface area contributed by atoms with Gasteiger partial charge in [0, 0.05) is 0 Å². The number of hydrogen-bond acceptors (Lipinski definition) is 4. The summed E-state index contributed by atoms with van der Waals surface area (Å²) >= 11 is 0. The Morgan fingerprint density at radius 2 is 0.524 bits per heavy atom. The summed E-state index contributed by atoms with van der Waals surface area (Å²) in [6, 6.07) is 33.7. The molecule has 4 nitrogen and oxygen atoms in total. The van der Waals surface area contributed by atoms with Gasteiger partial charge >= 0.3 is 0 Å². The molecule has 0 aliphatic heterocycles. The minimum atomic E-state index is 0.700. The first-order chi connectivity index (χ1) is 20.7. The summed E-state index contributed by atoms with van der Waals surface area (Å²) in [6.45, 7) is 11.3. The molecule has 4 aromatic carbocycles. The minimum Gasteiger partial charge on any atom is -0.494 e. The third-order valence-electron chi connectivity index (χ3n) is 6.71. The molecular formula is C38H44O4. The van der Waals surface area contributed by atoms with Crippen LogP contribution in [0.1, 0.15) is 75.6 Å². The predicted molar refractivity (Wildman–Crippen MR) is 174 cm³/mol. The number of benzene rings is 4. The monoisotopic (exact) mass is 564 g/mol. The fourth-order valence-electron chi connectivity index (χ4n) is 4.66. The van der Waals surface area contributed by atoms with E-state index in [-0.39, 0.29) is 0 Å². The minimum absolute atomic E-state index is 0.700. The third kappa shape index (κ3) is 8.42. The van der Waals surface area contributed by atoms with Gasteiger partial charge in [-0.1, -0.05) is 76.2 Å². The molecule has 0 aliphatic rings. The van der Waals surface area contributed by atoms with Crippen molar-refractivity contribution in [3.05, 3.63) is 119 Å². The topological polar surface area (TPSA) is 36.9 Å². The van der Waals surface area contributed by atoms with E-state index in [0.29, 0.717) is 26.4 Å². The van der Waals surface area contributed by atoms with Crippen LogP contribution in [0.3, 0.4) is 0 Å². The maximum Gasteiger partial charge on any atom is 0.119 e. The molecule has 42 heavy (non-hydrogen) atoms. The third-order valence-corrected chi connectivity index (χ3v) is 6.71. The summed E-state index contributed by atoms with van der Waals surface area (Å²) in [5.41, 5.74) is 6.68. The van der Waals surface area contributed by atoms with E-state index in [4.69, 9.17) is 18.9 Å². The summed E-state index contributed by atoms with van der Waals surface area (Å²) in [6.07, 6.45) is 3.89. The molecule has 0 bridgehead atoms. The SMILES string of the molecule is CCCOc1ccc(C(=C(c2ccc(OCCC)cc2)c2ccc(OCCC)cc2)c2ccc(OCCC)cc2)cc1. The molecule has 4 rings (SSSR count). The zero-order valence-electron chi connectivity index (χ0n) is 25.5. The second-order valence-corrected chi connectivity index (χ2v) is 10.2. The maximum absolute atomic E-state index is 5.91. The summed E-state index contributed by atoms with van der Waals surface area (Å²) in [5, 5.41) is 0. The van der Waals surface area contributed by atoms with E-state index >= 15 is 0 Å². The number of hydrogen-bond donors (Lipinski definition) is 0. The predicted octanol–water partition coefficient (Wildman–Crippen LogP) is 9.85. The molecule has 4 aromatic rings. The lowest BCUT2D eigenvalue weighted by atomic mass is 9.85. The van der Waals surface area contributed by atoms with E-state index in [1.165, 1.54) is 0 Å². The van der Waals surface area contributed by atoms with Gasteiger partial charge in [-0.25, -0.2) is 0 Å². The van der Waals surface area contributed by atoms with Crippen molar-refractivity contribution < 1.29 is 18.9 Å². The van der Waals surface area contributed by atoms with Crippen LogP contribution in [0, 0.1) is 0 Å². The Morgan fingerprint density at radius 1 is 0.333 bits per heavy atom. The van der Waals surface area contributed by atoms with Crippen LogP contribution in [0.4, 0.5) is 0 Å². The molecule has 0 radical (unpaired) electrons. The van der Waals surface area contributed by atoms with E-state index < -0.39 is 0 Å². The van der Waals surface area contributed by atoms with Crippen LogP contribution >= 0.6 is 0 Å². The molecule has 4 heteroatoms. The quantitative estimate of drug-likeness (QED) is 0.127. The van der Waals surface area contributed by atoms with Gasteiger partial charge in [0.05, 0.1) is 26.4 Å². The van der Waals surface area contributed by atoms with Gasteiger partial charge in [-0.2, -0.15) is 0 Å². The van der Waals surface area contributed by atoms with Gasteiger partial charge in [0.25, 0.3) is 0 Å². The van der Waals surface area contributed by atoms with E-state index in [9.17, 15) is 0 Å². The fraction of sp³-hybridized carbons (Fsp3) is 0.316. The normalized spacial score (nSPS) is 10.7. The van der Waals surface area contributed by atoms with Crippen LogP contribution in [0.2, 0.25) is 0 Å². The first-order valence-corrected chi connectivity index (χ1v) is 15.3. The fourth-order valence-corrected chi connectivity index (χ4v) is 4.66. The van der Waals surface area contributed by atoms with E-state index in [0.717, 1.165) is 82.1 Å². The van der Waals surface area contributed by atoms with Gasteiger partial charge in [0.15, 0.2) is 0 Å². The van der Waals surface area contributed by atoms with Crippen molar-refractivity contribution in [1.29, 1.82) is 0 Å². The van der Waals surface area contributed by atoms with Crippen molar-refractivity contribution in [2.45, 2.75) is 53.4 Å². The van der Waals surface area contributed by atoms with Crippen LogP contribution < -0.4 is 18.9 Å². The molecule has 0 atom stereocenters. The van der Waals surface area contributed by atoms with Crippen LogP contribution in [-0.4, -0.2) is 26.4 Å². The van der Waals surface area contributed by atoms with Gasteiger partial charge in [0.1, 0.15) is 23.0 Å². The summed E-state index contributed by atoms with van der Waals surface area (Å²) in [4.78, 5) is 0. The number of rotatable bonds is 16. The average Bonchev–Trinajstić information content (AvgIpc) is 3.04. The van der Waals surface area contributed by atoms with E-state index in [1.54, 1.807) is 0 Å². The lowest BCUT2D eigenvalue weighted by molar-refractivity contribution is 0.317. The van der Waals surface area contributed by atoms with Crippen molar-refractivity contribution in [3.63, 3.8) is 0 Å². The Balaban J connectivity index is 1.90. The van der Waals surface area contributed by atoms with Gasteiger partial charge in [0.2, 0.25) is 0 Å². The van der Waals surface area contributed by atoms with Crippen LogP contribution in [0.25, 0.3) is 11.1 Å². The van der Waals surface area contributed by atoms with Crippen molar-refractivity contribution in [3.8, 4) is 23.0 Å². The van der Waals surface area contributed by atoms with Crippen molar-refractivity contribution >= 4 is 11.1 Å². The maximum atomic E-state index is 5.91. The van der Waals surface area contributed by atoms with Gasteiger partial charge < -0.3 is 18.9 Å². The van der Waals surface area contributed by atoms with Gasteiger partial charge in [-0.15, -0.1) is 0 Å². The molecule has 0 aromatic heterocycles. The summed E-state index contributed by atoms with van der Waals surface area (Å²) < 4.78 is 23.6. The van der Waals surface area contributed by atoms with E-state index in [2.05, 4.69) is 125 Å². The zero-order valence-corrected chi connectivity index (χ0v) is 25.5. The Kier molecular flexibility index (Phi) is 11.9. The highest BCUT2D eigenvalue weighted by Crippen LogP contribution is 2.39. The Hall–Kier alpha value is -4.18. The largest absolute Gasteiger partial charge is 0.494 e. The lowest BCUT2D eigenvalue weighted by Crippen LogP contribution is -2.00. The molecule has 0 aliphatic carbocycles. The Bertz CT molecular complexity index is 1150. The van der Waals surface area contributed by atoms with Crippen LogP contribution in [0.5, 0.6) is 23.0 Å². The molecule has 0 spiro atoms. The Morgan fingerprint density at radius 3 is 0.690 bits per heavy atom. The highest BCUT2D eigenvalue weighted by Gasteiger charge is 2.17. The molecule has 220 valence electrons. The molecule has 0 saturated carbocycles. The van der Waals surface area contributed by atoms with Gasteiger partial charge in [-0.3, -0.25) is 0 Å². The van der Waals surface area contributed by atoms with Gasteiger partial charge in [-0.05, 0) is 108 Å². The first kappa shape index (κ1) is 30.8. The molecule has 0 saturated heterocycles. The lowest BCUT2D eigenvalue weighted by Gasteiger charge is -2.19. The number of ether oxygens (including phenoxy) is 4. The van der Waals surface area contributed by atoms with Crippen molar-refractivity contribution in [1.82, 2.24) is 0 Å². The molecular weight excluding hydrogens is 520 g/mol. The van der Waals surface area contributed by atoms with Crippen molar-refractivity contribution in [2.24, 2.45) is 0 Å². The molecule has 0 unspecified atom stereocenters. The van der Waals surface area contributed by atoms with Crippen LogP contribution in [-0.2, 0) is 0 Å². The highest BCUT2D eigenvalue weighted by atomic mass is 16.5. The van der Waals surface area contributed by atoms with E-state index in [1.807, 2.05) is 0 Å². The summed E-state index contributed by atoms with van der Waals surface area (Å²) in [7, 11) is 0. The molecule has 0 fully saturated rings. The summed E-state index contributed by atoms with van der Waals surface area (Å²) in [5.74, 6) is 3.50. The molecule has 0 heterocycles. The van der Waals surface area contributed by atoms with Crippen molar-refractivity contribution in [2.75, 3.05) is 26.4 Å². The second-order valence-electron chi connectivity index (χ2n) is 10.2. The standard InChI is InChI=1S/C38H44O4/c1-5-25-39-33-17-9-29(10-18-33)37(30-11-19-34(20-12-30)40-26-6-2)38(31-13-21-35(22-14-31)41-27-7-3)32-15-23-36(24-16-32)42-28-8-4/h9-24H,5-8,25-28H2,1-4H3. The molecule has 0 amide bonds. The second kappa shape index (κ2) is 16.3. The highest BCUT2D eigenvalue weighted by molar-refractivity contribution is 6.04. The zero-order chi connectivity index (χ0) is 29.6. The van der Waals surface area contributed by atoms with Crippen LogP contribution in [0.15, 0.2) is 97.1 Å². The first-order valence-electron chi connectivity index (χ1n) is 15.3. The molecule has 0 N–H and O–H groups in total.